The van der Waals surface area contributed by atoms with Gasteiger partial charge in [-0.05, 0) is 104 Å². The molecule has 50 heavy (non-hydrogen) atoms. The molecule has 0 unspecified atom stereocenters. The molecule has 0 radical (unpaired) electrons. The standard InChI is InChI=1S/C48H44N2/c1-47(2,3)35-22-26-39(27-23-35)49(37-15-9-7-10-16-37)43-31-21-34-32-44(41-19-13-14-33-20-30-42(43)46(34)45(33)41)50(38-17-11-8-12-18-38)40-28-24-36(25-29-40)48(4,5)6/h7-32H,1-6H3. The lowest BCUT2D eigenvalue weighted by Gasteiger charge is -2.30. The van der Waals surface area contributed by atoms with E-state index in [9.17, 15) is 0 Å². The van der Waals surface area contributed by atoms with Gasteiger partial charge in [-0.25, -0.2) is 0 Å². The zero-order valence-corrected chi connectivity index (χ0v) is 29.9. The Labute approximate surface area is 296 Å². The highest BCUT2D eigenvalue weighted by Crippen LogP contribution is 2.48. The topological polar surface area (TPSA) is 6.48 Å². The van der Waals surface area contributed by atoms with Gasteiger partial charge in [0, 0.05) is 33.5 Å². The molecule has 2 nitrogen and oxygen atoms in total. The van der Waals surface area contributed by atoms with Crippen LogP contribution in [0.1, 0.15) is 52.7 Å². The van der Waals surface area contributed by atoms with Crippen LogP contribution in [0, 0.1) is 0 Å². The van der Waals surface area contributed by atoms with E-state index < -0.39 is 0 Å². The van der Waals surface area contributed by atoms with Gasteiger partial charge in [-0.2, -0.15) is 0 Å². The first-order valence-electron chi connectivity index (χ1n) is 17.7. The number of nitrogens with zero attached hydrogens (tertiary/aromatic N) is 2. The lowest BCUT2D eigenvalue weighted by Crippen LogP contribution is -2.14. The van der Waals surface area contributed by atoms with E-state index >= 15 is 0 Å². The Morgan fingerprint density at radius 1 is 0.340 bits per heavy atom. The quantitative estimate of drug-likeness (QED) is 0.166. The second kappa shape index (κ2) is 12.1. The first-order valence-corrected chi connectivity index (χ1v) is 17.7. The van der Waals surface area contributed by atoms with Crippen molar-refractivity contribution >= 4 is 66.4 Å². The van der Waals surface area contributed by atoms with E-state index in [4.69, 9.17) is 0 Å². The Balaban J connectivity index is 1.37. The van der Waals surface area contributed by atoms with Gasteiger partial charge in [0.15, 0.2) is 0 Å². The van der Waals surface area contributed by atoms with Crippen LogP contribution in [-0.4, -0.2) is 0 Å². The fraction of sp³-hybridized carbons (Fsp3) is 0.167. The molecule has 0 aromatic heterocycles. The third-order valence-corrected chi connectivity index (χ3v) is 10.1. The molecule has 2 heteroatoms. The molecule has 0 spiro atoms. The summed E-state index contributed by atoms with van der Waals surface area (Å²) in [6.07, 6.45) is 0. The van der Waals surface area contributed by atoms with Gasteiger partial charge in [0.1, 0.15) is 0 Å². The third-order valence-electron chi connectivity index (χ3n) is 10.1. The molecule has 0 fully saturated rings. The maximum absolute atomic E-state index is 2.42. The summed E-state index contributed by atoms with van der Waals surface area (Å²) in [4.78, 5) is 4.83. The normalized spacial score (nSPS) is 12.2. The maximum atomic E-state index is 2.42. The van der Waals surface area contributed by atoms with Crippen LogP contribution in [0.2, 0.25) is 0 Å². The van der Waals surface area contributed by atoms with Crippen LogP contribution in [0.15, 0.2) is 158 Å². The first-order chi connectivity index (χ1) is 24.1. The van der Waals surface area contributed by atoms with Crippen molar-refractivity contribution < 1.29 is 0 Å². The molecular weight excluding hydrogens is 605 g/mol. The molecule has 0 saturated heterocycles. The number of anilines is 6. The average molecular weight is 649 g/mol. The summed E-state index contributed by atoms with van der Waals surface area (Å²) >= 11 is 0. The molecule has 0 N–H and O–H groups in total. The van der Waals surface area contributed by atoms with Crippen molar-refractivity contribution in [2.24, 2.45) is 0 Å². The fourth-order valence-corrected chi connectivity index (χ4v) is 7.40. The molecular formula is C48H44N2. The smallest absolute Gasteiger partial charge is 0.0546 e. The third kappa shape index (κ3) is 5.55. The summed E-state index contributed by atoms with van der Waals surface area (Å²) in [6, 6.07) is 58.1. The molecule has 8 aromatic carbocycles. The molecule has 0 heterocycles. The minimum atomic E-state index is 0.0837. The van der Waals surface area contributed by atoms with Crippen molar-refractivity contribution in [3.8, 4) is 0 Å². The lowest BCUT2D eigenvalue weighted by atomic mass is 9.87. The SMILES string of the molecule is CC(C)(C)c1ccc(N(c2ccccc2)c2cc3ccc(N(c4ccccc4)c4ccc(C(C)(C)C)cc4)c4ccc5cccc2c5c34)cc1. The van der Waals surface area contributed by atoms with E-state index in [0.29, 0.717) is 0 Å². The van der Waals surface area contributed by atoms with Crippen LogP contribution in [0.5, 0.6) is 0 Å². The highest BCUT2D eigenvalue weighted by Gasteiger charge is 2.23. The Morgan fingerprint density at radius 2 is 0.780 bits per heavy atom. The lowest BCUT2D eigenvalue weighted by molar-refractivity contribution is 0.590. The molecule has 0 saturated carbocycles. The van der Waals surface area contributed by atoms with Crippen molar-refractivity contribution in [2.75, 3.05) is 9.80 Å². The number of hydrogen-bond donors (Lipinski definition) is 0. The van der Waals surface area contributed by atoms with Gasteiger partial charge >= 0.3 is 0 Å². The first kappa shape index (κ1) is 31.7. The van der Waals surface area contributed by atoms with Gasteiger partial charge in [0.25, 0.3) is 0 Å². The van der Waals surface area contributed by atoms with E-state index in [0.717, 1.165) is 22.7 Å². The summed E-state index contributed by atoms with van der Waals surface area (Å²) in [7, 11) is 0. The summed E-state index contributed by atoms with van der Waals surface area (Å²) in [5.41, 5.74) is 9.74. The zero-order valence-electron chi connectivity index (χ0n) is 29.9. The highest BCUT2D eigenvalue weighted by atomic mass is 15.1. The van der Waals surface area contributed by atoms with Crippen LogP contribution in [-0.2, 0) is 10.8 Å². The molecule has 246 valence electrons. The largest absolute Gasteiger partial charge is 0.310 e. The van der Waals surface area contributed by atoms with Gasteiger partial charge < -0.3 is 9.80 Å². The van der Waals surface area contributed by atoms with Crippen LogP contribution >= 0.6 is 0 Å². The minimum absolute atomic E-state index is 0.0837. The van der Waals surface area contributed by atoms with Crippen molar-refractivity contribution in [1.82, 2.24) is 0 Å². The molecule has 0 amide bonds. The molecule has 0 bridgehead atoms. The average Bonchev–Trinajstić information content (AvgIpc) is 3.12. The zero-order chi connectivity index (χ0) is 34.6. The summed E-state index contributed by atoms with van der Waals surface area (Å²) in [5.74, 6) is 0. The Morgan fingerprint density at radius 3 is 1.30 bits per heavy atom. The van der Waals surface area contributed by atoms with Crippen LogP contribution in [0.4, 0.5) is 34.1 Å². The Kier molecular flexibility index (Phi) is 7.64. The molecule has 8 aromatic rings. The van der Waals surface area contributed by atoms with Crippen molar-refractivity contribution in [2.45, 2.75) is 52.4 Å². The fourth-order valence-electron chi connectivity index (χ4n) is 7.40. The Hall–Kier alpha value is -5.60. The minimum Gasteiger partial charge on any atom is -0.310 e. The number of para-hydroxylation sites is 2. The predicted octanol–water partition coefficient (Wildman–Crippen LogP) is 14.1. The van der Waals surface area contributed by atoms with Gasteiger partial charge in [-0.3, -0.25) is 0 Å². The van der Waals surface area contributed by atoms with Crippen LogP contribution in [0.25, 0.3) is 32.3 Å². The molecule has 0 aliphatic carbocycles. The molecule has 8 rings (SSSR count). The van der Waals surface area contributed by atoms with Gasteiger partial charge in [0.2, 0.25) is 0 Å². The molecule has 0 aliphatic heterocycles. The molecule has 0 aliphatic rings. The second-order valence-electron chi connectivity index (χ2n) is 15.5. The number of rotatable bonds is 6. The van der Waals surface area contributed by atoms with E-state index in [1.165, 1.54) is 54.8 Å². The van der Waals surface area contributed by atoms with E-state index in [2.05, 4.69) is 209 Å². The van der Waals surface area contributed by atoms with Crippen molar-refractivity contribution in [1.29, 1.82) is 0 Å². The maximum Gasteiger partial charge on any atom is 0.0546 e. The van der Waals surface area contributed by atoms with Gasteiger partial charge in [-0.1, -0.05) is 139 Å². The number of benzene rings is 8. The van der Waals surface area contributed by atoms with Crippen molar-refractivity contribution in [3.63, 3.8) is 0 Å². The Bertz CT molecular complexity index is 2410. The van der Waals surface area contributed by atoms with E-state index in [-0.39, 0.29) is 10.8 Å². The van der Waals surface area contributed by atoms with Crippen molar-refractivity contribution in [3.05, 3.63) is 169 Å². The molecule has 0 atom stereocenters. The van der Waals surface area contributed by atoms with Gasteiger partial charge in [0.05, 0.1) is 11.4 Å². The summed E-state index contributed by atoms with van der Waals surface area (Å²) < 4.78 is 0. The second-order valence-corrected chi connectivity index (χ2v) is 15.5. The van der Waals surface area contributed by atoms with E-state index in [1.807, 2.05) is 0 Å². The number of hydrogen-bond acceptors (Lipinski definition) is 2. The van der Waals surface area contributed by atoms with Crippen LogP contribution < -0.4 is 9.80 Å². The summed E-state index contributed by atoms with van der Waals surface area (Å²) in [5, 5.41) is 7.54. The monoisotopic (exact) mass is 648 g/mol. The van der Waals surface area contributed by atoms with Crippen LogP contribution in [0.3, 0.4) is 0 Å². The highest BCUT2D eigenvalue weighted by molar-refractivity contribution is 6.29. The summed E-state index contributed by atoms with van der Waals surface area (Å²) in [6.45, 7) is 13.6. The van der Waals surface area contributed by atoms with Gasteiger partial charge in [-0.15, -0.1) is 0 Å². The van der Waals surface area contributed by atoms with E-state index in [1.54, 1.807) is 0 Å². The predicted molar refractivity (Wildman–Crippen MR) is 217 cm³/mol.